The number of pyridine rings is 2. The molecule has 0 aliphatic rings. The molecule has 13 nitrogen and oxygen atoms in total. The van der Waals surface area contributed by atoms with Crippen molar-refractivity contribution in [1.82, 2.24) is 19.7 Å². The molecule has 3 aromatic heterocycles. The van der Waals surface area contributed by atoms with Gasteiger partial charge in [0.1, 0.15) is 23.1 Å². The SMILES string of the molecule is CNc1nc(N(CC(N)=O)CC(N)=O)cc(C)c1/N=N/c1c(C#N)cnn1-c1ccccn1. The van der Waals surface area contributed by atoms with Gasteiger partial charge in [-0.25, -0.2) is 9.97 Å². The highest BCUT2D eigenvalue weighted by Crippen LogP contribution is 2.33. The van der Waals surface area contributed by atoms with Crippen molar-refractivity contribution in [2.75, 3.05) is 30.4 Å². The largest absolute Gasteiger partial charge is 0.371 e. The lowest BCUT2D eigenvalue weighted by Crippen LogP contribution is -2.40. The van der Waals surface area contributed by atoms with Crippen LogP contribution in [0.4, 0.5) is 23.1 Å². The Balaban J connectivity index is 2.03. The van der Waals surface area contributed by atoms with Crippen LogP contribution in [0.2, 0.25) is 0 Å². The number of nitrogens with zero attached hydrogens (tertiary/aromatic N) is 8. The van der Waals surface area contributed by atoms with Gasteiger partial charge in [0.05, 0.1) is 19.3 Å². The molecule has 0 saturated carbocycles. The first kappa shape index (κ1) is 22.8. The number of amides is 2. The van der Waals surface area contributed by atoms with Crippen LogP contribution in [-0.4, -0.2) is 51.7 Å². The first-order valence-electron chi connectivity index (χ1n) is 9.66. The Bertz CT molecular complexity index is 1230. The van der Waals surface area contributed by atoms with E-state index in [0.717, 1.165) is 0 Å². The molecule has 33 heavy (non-hydrogen) atoms. The summed E-state index contributed by atoms with van der Waals surface area (Å²) in [5.74, 6) is 0.0284. The maximum atomic E-state index is 11.4. The topological polar surface area (TPSA) is 194 Å². The van der Waals surface area contributed by atoms with Gasteiger partial charge in [0.15, 0.2) is 17.5 Å². The number of azo groups is 1. The summed E-state index contributed by atoms with van der Waals surface area (Å²) < 4.78 is 1.40. The number of primary amides is 2. The van der Waals surface area contributed by atoms with Crippen molar-refractivity contribution >= 4 is 35.0 Å². The zero-order valence-electron chi connectivity index (χ0n) is 17.9. The van der Waals surface area contributed by atoms with Gasteiger partial charge in [0, 0.05) is 13.2 Å². The molecule has 3 rings (SSSR count). The van der Waals surface area contributed by atoms with Gasteiger partial charge < -0.3 is 21.7 Å². The number of carbonyl (C=O) groups excluding carboxylic acids is 2. The van der Waals surface area contributed by atoms with Crippen molar-refractivity contribution in [3.05, 3.63) is 47.8 Å². The monoisotopic (exact) mass is 447 g/mol. The summed E-state index contributed by atoms with van der Waals surface area (Å²) in [6.45, 7) is 1.27. The van der Waals surface area contributed by atoms with Crippen LogP contribution in [0.1, 0.15) is 11.1 Å². The molecule has 0 aliphatic heterocycles. The fourth-order valence-electron chi connectivity index (χ4n) is 2.97. The minimum atomic E-state index is -0.641. The minimum Gasteiger partial charge on any atom is -0.371 e. The minimum absolute atomic E-state index is 0.200. The molecule has 0 atom stereocenters. The van der Waals surface area contributed by atoms with Gasteiger partial charge in [-0.15, -0.1) is 10.2 Å². The molecule has 0 radical (unpaired) electrons. The summed E-state index contributed by atoms with van der Waals surface area (Å²) in [7, 11) is 1.63. The Kier molecular flexibility index (Phi) is 6.89. The van der Waals surface area contributed by atoms with Crippen molar-refractivity contribution in [3.63, 3.8) is 0 Å². The number of aryl methyl sites for hydroxylation is 1. The molecule has 2 amide bonds. The smallest absolute Gasteiger partial charge is 0.237 e. The van der Waals surface area contributed by atoms with Gasteiger partial charge >= 0.3 is 0 Å². The third kappa shape index (κ3) is 5.25. The van der Waals surface area contributed by atoms with Crippen molar-refractivity contribution in [1.29, 1.82) is 5.26 Å². The highest BCUT2D eigenvalue weighted by molar-refractivity contribution is 5.85. The molecule has 3 aromatic rings. The van der Waals surface area contributed by atoms with E-state index < -0.39 is 11.8 Å². The van der Waals surface area contributed by atoms with E-state index in [9.17, 15) is 14.9 Å². The van der Waals surface area contributed by atoms with Crippen LogP contribution in [0.25, 0.3) is 5.82 Å². The number of hydrogen-bond donors (Lipinski definition) is 3. The summed E-state index contributed by atoms with van der Waals surface area (Å²) >= 11 is 0. The second kappa shape index (κ2) is 9.96. The van der Waals surface area contributed by atoms with Crippen molar-refractivity contribution in [2.45, 2.75) is 6.92 Å². The van der Waals surface area contributed by atoms with Gasteiger partial charge in [0.2, 0.25) is 11.8 Å². The molecule has 5 N–H and O–H groups in total. The third-order valence-electron chi connectivity index (χ3n) is 4.40. The second-order valence-electron chi connectivity index (χ2n) is 6.83. The number of carbonyl (C=O) groups is 2. The predicted octanol–water partition coefficient (Wildman–Crippen LogP) is 1.08. The average Bonchev–Trinajstić information content (AvgIpc) is 3.20. The standard InChI is InChI=1S/C20H21N11O2/c1-12-7-17(30(10-14(22)32)11-15(23)33)27-19(24-2)18(12)28-29-20-13(8-21)9-26-31(20)16-5-3-4-6-25-16/h3-7,9H,10-11H2,1-2H3,(H2,22,32)(H2,23,33)(H,24,27)/b29-28+. The molecule has 0 unspecified atom stereocenters. The zero-order chi connectivity index (χ0) is 24.0. The Hall–Kier alpha value is -4.86. The molecule has 13 heteroatoms. The van der Waals surface area contributed by atoms with Crippen LogP contribution in [0, 0.1) is 18.3 Å². The van der Waals surface area contributed by atoms with Crippen LogP contribution in [0.5, 0.6) is 0 Å². The van der Waals surface area contributed by atoms with E-state index in [2.05, 4.69) is 30.6 Å². The Morgan fingerprint density at radius 2 is 1.97 bits per heavy atom. The Labute approximate surface area is 188 Å². The molecule has 0 aromatic carbocycles. The summed E-state index contributed by atoms with van der Waals surface area (Å²) in [6, 6.07) is 8.93. The highest BCUT2D eigenvalue weighted by atomic mass is 16.2. The highest BCUT2D eigenvalue weighted by Gasteiger charge is 2.18. The summed E-state index contributed by atoms with van der Waals surface area (Å²) in [6.07, 6.45) is 2.97. The van der Waals surface area contributed by atoms with Gasteiger partial charge in [-0.1, -0.05) is 6.07 Å². The quantitative estimate of drug-likeness (QED) is 0.405. The predicted molar refractivity (Wildman–Crippen MR) is 119 cm³/mol. The maximum absolute atomic E-state index is 11.4. The Morgan fingerprint density at radius 3 is 2.55 bits per heavy atom. The molecule has 0 saturated heterocycles. The van der Waals surface area contributed by atoms with E-state index in [0.29, 0.717) is 28.7 Å². The summed E-state index contributed by atoms with van der Waals surface area (Å²) in [5.41, 5.74) is 11.8. The van der Waals surface area contributed by atoms with Crippen LogP contribution in [0.15, 0.2) is 46.9 Å². The van der Waals surface area contributed by atoms with Crippen molar-refractivity contribution in [3.8, 4) is 11.9 Å². The third-order valence-corrected chi connectivity index (χ3v) is 4.40. The van der Waals surface area contributed by atoms with E-state index in [-0.39, 0.29) is 24.5 Å². The number of rotatable bonds is 9. The lowest BCUT2D eigenvalue weighted by Gasteiger charge is -2.22. The van der Waals surface area contributed by atoms with E-state index >= 15 is 0 Å². The number of aromatic nitrogens is 4. The first-order chi connectivity index (χ1) is 15.8. The molecule has 168 valence electrons. The molecule has 3 heterocycles. The lowest BCUT2D eigenvalue weighted by molar-refractivity contribution is -0.117. The number of nitrogens with one attached hydrogen (secondary N) is 1. The molecular weight excluding hydrogens is 426 g/mol. The normalized spacial score (nSPS) is 10.7. The van der Waals surface area contributed by atoms with Gasteiger partial charge in [0.25, 0.3) is 0 Å². The van der Waals surface area contributed by atoms with Crippen LogP contribution >= 0.6 is 0 Å². The lowest BCUT2D eigenvalue weighted by atomic mass is 10.2. The van der Waals surface area contributed by atoms with Crippen LogP contribution in [-0.2, 0) is 9.59 Å². The maximum Gasteiger partial charge on any atom is 0.237 e. The molecule has 0 aliphatic carbocycles. The van der Waals surface area contributed by atoms with Gasteiger partial charge in [-0.3, -0.25) is 9.59 Å². The number of hydrogen-bond acceptors (Lipinski definition) is 10. The van der Waals surface area contributed by atoms with Crippen LogP contribution < -0.4 is 21.7 Å². The Morgan fingerprint density at radius 1 is 1.24 bits per heavy atom. The average molecular weight is 447 g/mol. The summed E-state index contributed by atoms with van der Waals surface area (Å²) in [4.78, 5) is 32.9. The molecule has 0 fully saturated rings. The zero-order valence-corrected chi connectivity index (χ0v) is 17.9. The van der Waals surface area contributed by atoms with E-state index in [4.69, 9.17) is 11.5 Å². The van der Waals surface area contributed by atoms with E-state index in [1.807, 2.05) is 6.07 Å². The molecule has 0 bridgehead atoms. The first-order valence-corrected chi connectivity index (χ1v) is 9.66. The second-order valence-corrected chi connectivity index (χ2v) is 6.83. The number of nitrogens with two attached hydrogens (primary N) is 2. The van der Waals surface area contributed by atoms with Crippen LogP contribution in [0.3, 0.4) is 0 Å². The fourth-order valence-corrected chi connectivity index (χ4v) is 2.97. The fraction of sp³-hybridized carbons (Fsp3) is 0.200. The number of nitriles is 1. The van der Waals surface area contributed by atoms with Gasteiger partial charge in [-0.2, -0.15) is 15.0 Å². The van der Waals surface area contributed by atoms with E-state index in [1.54, 1.807) is 44.4 Å². The summed E-state index contributed by atoms with van der Waals surface area (Å²) in [5, 5.41) is 25.1. The number of anilines is 2. The molecular formula is C20H21N11O2. The molecule has 0 spiro atoms. The van der Waals surface area contributed by atoms with E-state index in [1.165, 1.54) is 15.8 Å². The van der Waals surface area contributed by atoms with Crippen molar-refractivity contribution in [2.24, 2.45) is 21.7 Å². The van der Waals surface area contributed by atoms with Crippen molar-refractivity contribution < 1.29 is 9.59 Å². The van der Waals surface area contributed by atoms with Gasteiger partial charge in [-0.05, 0) is 30.7 Å².